The number of fused-ring (bicyclic) bond motifs is 1. The predicted molar refractivity (Wildman–Crippen MR) is 103 cm³/mol. The minimum atomic E-state index is -4.69. The van der Waals surface area contributed by atoms with Gasteiger partial charge in [0.25, 0.3) is 0 Å². The molecular formula is C21H17F6N5. The molecule has 1 N–H and O–H groups in total. The highest BCUT2D eigenvalue weighted by Crippen LogP contribution is 2.58. The molecule has 0 unspecified atom stereocenters. The minimum absolute atomic E-state index is 0.113. The van der Waals surface area contributed by atoms with Crippen molar-refractivity contribution < 1.29 is 26.3 Å². The summed E-state index contributed by atoms with van der Waals surface area (Å²) in [6.07, 6.45) is -7.31. The first kappa shape index (κ1) is 19.8. The number of nitrogens with zero attached hydrogens (tertiary/aromatic N) is 4. The molecule has 1 saturated carbocycles. The molecule has 0 spiro atoms. The number of nitrogens with one attached hydrogen (secondary N) is 1. The van der Waals surface area contributed by atoms with E-state index in [0.29, 0.717) is 10.4 Å². The first-order chi connectivity index (χ1) is 15.1. The summed E-state index contributed by atoms with van der Waals surface area (Å²) in [5.74, 6) is 0.578. The van der Waals surface area contributed by atoms with Crippen molar-refractivity contribution in [1.29, 1.82) is 0 Å². The van der Waals surface area contributed by atoms with E-state index in [1.54, 1.807) is 0 Å². The third-order valence-electron chi connectivity index (χ3n) is 6.95. The maximum Gasteiger partial charge on any atom is 0.433 e. The summed E-state index contributed by atoms with van der Waals surface area (Å²) in [6.45, 7) is 1.57. The minimum Gasteiger partial charge on any atom is -0.325 e. The van der Waals surface area contributed by atoms with Gasteiger partial charge in [0.1, 0.15) is 5.69 Å². The van der Waals surface area contributed by atoms with Gasteiger partial charge in [-0.2, -0.15) is 31.3 Å². The Kier molecular flexibility index (Phi) is 3.81. The van der Waals surface area contributed by atoms with Gasteiger partial charge in [0.15, 0.2) is 5.65 Å². The van der Waals surface area contributed by atoms with E-state index in [4.69, 9.17) is 0 Å². The van der Waals surface area contributed by atoms with Crippen LogP contribution in [0.2, 0.25) is 0 Å². The van der Waals surface area contributed by atoms with Gasteiger partial charge in [0, 0.05) is 18.7 Å². The molecule has 11 heteroatoms. The van der Waals surface area contributed by atoms with E-state index in [2.05, 4.69) is 15.4 Å². The van der Waals surface area contributed by atoms with Crippen LogP contribution in [0.1, 0.15) is 24.1 Å². The van der Waals surface area contributed by atoms with Crippen molar-refractivity contribution in [1.82, 2.24) is 19.9 Å². The molecule has 2 aliphatic heterocycles. The molecule has 0 amide bonds. The van der Waals surface area contributed by atoms with Crippen LogP contribution in [0.25, 0.3) is 16.8 Å². The average Bonchev–Trinajstić information content (AvgIpc) is 3.12. The van der Waals surface area contributed by atoms with Crippen LogP contribution in [-0.4, -0.2) is 39.3 Å². The Morgan fingerprint density at radius 2 is 1.84 bits per heavy atom. The fourth-order valence-electron chi connectivity index (χ4n) is 5.55. The van der Waals surface area contributed by atoms with E-state index >= 15 is 0 Å². The number of alkyl halides is 6. The molecule has 0 radical (unpaired) electrons. The molecule has 1 aliphatic carbocycles. The van der Waals surface area contributed by atoms with Gasteiger partial charge < -0.3 is 10.2 Å². The van der Waals surface area contributed by atoms with E-state index < -0.39 is 23.6 Å². The van der Waals surface area contributed by atoms with E-state index in [1.807, 2.05) is 4.90 Å². The highest BCUT2D eigenvalue weighted by molar-refractivity contribution is 5.79. The Hall–Kier alpha value is -2.82. The van der Waals surface area contributed by atoms with Gasteiger partial charge in [-0.15, -0.1) is 5.10 Å². The molecule has 6 rings (SSSR count). The third-order valence-corrected chi connectivity index (χ3v) is 6.95. The maximum atomic E-state index is 13.7. The zero-order valence-corrected chi connectivity index (χ0v) is 16.5. The van der Waals surface area contributed by atoms with Gasteiger partial charge in [-0.05, 0) is 48.6 Å². The van der Waals surface area contributed by atoms with E-state index in [9.17, 15) is 26.3 Å². The highest BCUT2D eigenvalue weighted by Gasteiger charge is 2.71. The number of hydrogen-bond donors (Lipinski definition) is 1. The smallest absolute Gasteiger partial charge is 0.325 e. The first-order valence-corrected chi connectivity index (χ1v) is 10.2. The second kappa shape index (κ2) is 6.15. The standard InChI is InChI=1S/C21H17F6N5/c22-20(23,24)13-3-1-2-11(8-13)14-4-5-15(21(25,26)27)32-17(14)29-18(30-32)31-16-12-6-7-19(16,31)10-28-9-12/h1-5,8,12,16,28H,6-7,9-10H2/t12-,16-,19-,31?/m0/s1. The van der Waals surface area contributed by atoms with Gasteiger partial charge in [-0.1, -0.05) is 12.1 Å². The zero-order chi connectivity index (χ0) is 22.5. The van der Waals surface area contributed by atoms with E-state index in [1.165, 1.54) is 12.1 Å². The molecule has 1 aromatic carbocycles. The number of rotatable bonds is 2. The van der Waals surface area contributed by atoms with Crippen LogP contribution in [0, 0.1) is 5.92 Å². The Balaban J connectivity index is 1.51. The van der Waals surface area contributed by atoms with E-state index in [0.717, 1.165) is 50.2 Å². The van der Waals surface area contributed by atoms with E-state index in [-0.39, 0.29) is 34.3 Å². The predicted octanol–water partition coefficient (Wildman–Crippen LogP) is 4.37. The van der Waals surface area contributed by atoms with Crippen molar-refractivity contribution in [3.8, 4) is 11.1 Å². The summed E-state index contributed by atoms with van der Waals surface area (Å²) < 4.78 is 81.4. The number of benzene rings is 1. The van der Waals surface area contributed by atoms with Crippen molar-refractivity contribution in [3.05, 3.63) is 47.7 Å². The fraction of sp³-hybridized carbons (Fsp3) is 0.429. The quantitative estimate of drug-likeness (QED) is 0.462. The Labute approximate surface area is 178 Å². The lowest BCUT2D eigenvalue weighted by Crippen LogP contribution is -2.37. The summed E-state index contributed by atoms with van der Waals surface area (Å²) >= 11 is 0. The molecule has 3 fully saturated rings. The third kappa shape index (κ3) is 2.69. The van der Waals surface area contributed by atoms with Gasteiger partial charge in [0.2, 0.25) is 5.95 Å². The molecular weight excluding hydrogens is 436 g/mol. The van der Waals surface area contributed by atoms with Crippen molar-refractivity contribution in [2.45, 2.75) is 36.8 Å². The van der Waals surface area contributed by atoms with Gasteiger partial charge >= 0.3 is 12.4 Å². The van der Waals surface area contributed by atoms with Crippen LogP contribution in [0.3, 0.4) is 0 Å². The van der Waals surface area contributed by atoms with Gasteiger partial charge in [0.05, 0.1) is 17.1 Å². The van der Waals surface area contributed by atoms with Gasteiger partial charge in [-0.3, -0.25) is 0 Å². The summed E-state index contributed by atoms with van der Waals surface area (Å²) in [7, 11) is 0. The number of pyridine rings is 1. The molecule has 5 nitrogen and oxygen atoms in total. The second-order valence-electron chi connectivity index (χ2n) is 8.70. The Morgan fingerprint density at radius 3 is 2.56 bits per heavy atom. The van der Waals surface area contributed by atoms with Crippen LogP contribution < -0.4 is 10.2 Å². The van der Waals surface area contributed by atoms with Crippen LogP contribution >= 0.6 is 0 Å². The van der Waals surface area contributed by atoms with Crippen molar-refractivity contribution in [3.63, 3.8) is 0 Å². The second-order valence-corrected chi connectivity index (χ2v) is 8.70. The number of anilines is 1. The van der Waals surface area contributed by atoms with Crippen molar-refractivity contribution in [2.75, 3.05) is 18.0 Å². The lowest BCUT2D eigenvalue weighted by molar-refractivity contribution is -0.142. The number of hydrogen-bond acceptors (Lipinski definition) is 4. The molecule has 3 aliphatic rings. The number of piperidine rings is 2. The first-order valence-electron chi connectivity index (χ1n) is 10.2. The van der Waals surface area contributed by atoms with Crippen LogP contribution in [0.5, 0.6) is 0 Å². The molecule has 2 bridgehead atoms. The normalized spacial score (nSPS) is 27.1. The maximum absolute atomic E-state index is 13.7. The molecule has 2 aromatic heterocycles. The molecule has 32 heavy (non-hydrogen) atoms. The molecule has 3 aromatic rings. The Morgan fingerprint density at radius 1 is 1.03 bits per heavy atom. The molecule has 4 heterocycles. The molecule has 168 valence electrons. The Bertz CT molecular complexity index is 1230. The monoisotopic (exact) mass is 453 g/mol. The lowest BCUT2D eigenvalue weighted by Gasteiger charge is -2.14. The van der Waals surface area contributed by atoms with Crippen molar-refractivity contribution in [2.24, 2.45) is 5.92 Å². The number of halogens is 6. The molecule has 2 saturated heterocycles. The van der Waals surface area contributed by atoms with Crippen LogP contribution in [-0.2, 0) is 12.4 Å². The van der Waals surface area contributed by atoms with Crippen molar-refractivity contribution >= 4 is 11.6 Å². The summed E-state index contributed by atoms with van der Waals surface area (Å²) in [4.78, 5) is 6.40. The zero-order valence-electron chi connectivity index (χ0n) is 16.5. The average molecular weight is 453 g/mol. The topological polar surface area (TPSA) is 45.2 Å². The lowest BCUT2D eigenvalue weighted by atomic mass is 10.0. The molecule has 3 atom stereocenters. The summed E-state index contributed by atoms with van der Waals surface area (Å²) in [5.41, 5.74) is -1.91. The summed E-state index contributed by atoms with van der Waals surface area (Å²) in [5, 5.41) is 7.56. The number of aromatic nitrogens is 3. The van der Waals surface area contributed by atoms with Crippen LogP contribution in [0.4, 0.5) is 32.3 Å². The SMILES string of the molecule is FC(F)(F)c1cccc(-c2ccc(C(F)(F)F)n3nc(N4[C@H]5[C@H]6CC[C@]54CNC6)nc23)c1. The largest absolute Gasteiger partial charge is 0.433 e. The van der Waals surface area contributed by atoms with Gasteiger partial charge in [-0.25, -0.2) is 4.52 Å². The van der Waals surface area contributed by atoms with Crippen LogP contribution in [0.15, 0.2) is 36.4 Å². The fourth-order valence-corrected chi connectivity index (χ4v) is 5.55. The summed E-state index contributed by atoms with van der Waals surface area (Å²) in [6, 6.07) is 6.67. The highest BCUT2D eigenvalue weighted by atomic mass is 19.4.